The van der Waals surface area contributed by atoms with E-state index < -0.39 is 0 Å². The van der Waals surface area contributed by atoms with Gasteiger partial charge < -0.3 is 4.74 Å². The van der Waals surface area contributed by atoms with E-state index in [1.807, 2.05) is 30.3 Å². The Bertz CT molecular complexity index is 1020. The fourth-order valence-corrected chi connectivity index (χ4v) is 2.71. The number of methoxy groups -OCH3 is 1. The number of H-pyrrole nitrogens is 1. The van der Waals surface area contributed by atoms with Crippen molar-refractivity contribution in [3.05, 3.63) is 54.4 Å². The first kappa shape index (κ1) is 14.3. The second-order valence-corrected chi connectivity index (χ2v) is 5.40. The molecule has 0 unspecified atom stereocenters. The topological polar surface area (TPSA) is 76.6 Å². The summed E-state index contributed by atoms with van der Waals surface area (Å²) in [6.07, 6.45) is 3.37. The number of hydrogen-bond acceptors (Lipinski definition) is 5. The number of fused-ring (bicyclic) bond motifs is 1. The van der Waals surface area contributed by atoms with Crippen LogP contribution in [0.2, 0.25) is 0 Å². The molecule has 6 nitrogen and oxygen atoms in total. The molecule has 4 aromatic rings. The summed E-state index contributed by atoms with van der Waals surface area (Å²) < 4.78 is 5.32. The fraction of sp³-hybridized carbons (Fsp3) is 0.111. The first-order valence-electron chi connectivity index (χ1n) is 7.54. The minimum atomic E-state index is 0.520. The van der Waals surface area contributed by atoms with E-state index in [0.717, 1.165) is 27.9 Å². The molecule has 0 bridgehead atoms. The second kappa shape index (κ2) is 5.73. The third-order valence-electron chi connectivity index (χ3n) is 3.92. The van der Waals surface area contributed by atoms with Crippen molar-refractivity contribution >= 4 is 11.2 Å². The zero-order valence-corrected chi connectivity index (χ0v) is 13.3. The standard InChI is InChI=1S/C18H15N5O/c1-11-6-3-4-7-12(11)15-16-17(23-22-15)20-10-14(21-16)13-8-5-9-19-18(13)24-2/h3-10H,1-2H3,(H,20,22,23). The summed E-state index contributed by atoms with van der Waals surface area (Å²) in [6.45, 7) is 2.06. The molecule has 1 aromatic carbocycles. The van der Waals surface area contributed by atoms with Gasteiger partial charge in [-0.25, -0.2) is 15.0 Å². The molecule has 1 N–H and O–H groups in total. The molecule has 0 aliphatic rings. The van der Waals surface area contributed by atoms with Crippen LogP contribution < -0.4 is 4.74 Å². The number of aromatic nitrogens is 5. The minimum Gasteiger partial charge on any atom is -0.481 e. The van der Waals surface area contributed by atoms with Crippen LogP contribution in [0.1, 0.15) is 5.56 Å². The third kappa shape index (κ3) is 2.28. The van der Waals surface area contributed by atoms with Gasteiger partial charge in [-0.2, -0.15) is 5.10 Å². The van der Waals surface area contributed by atoms with Gasteiger partial charge in [0, 0.05) is 11.8 Å². The molecule has 24 heavy (non-hydrogen) atoms. The summed E-state index contributed by atoms with van der Waals surface area (Å²) in [6, 6.07) is 11.9. The first-order valence-corrected chi connectivity index (χ1v) is 7.54. The van der Waals surface area contributed by atoms with Crippen molar-refractivity contribution < 1.29 is 4.74 Å². The lowest BCUT2D eigenvalue weighted by molar-refractivity contribution is 0.399. The molecule has 3 heterocycles. The van der Waals surface area contributed by atoms with Crippen LogP contribution >= 0.6 is 0 Å². The summed E-state index contributed by atoms with van der Waals surface area (Å²) in [4.78, 5) is 13.4. The Balaban J connectivity index is 1.93. The molecular weight excluding hydrogens is 302 g/mol. The van der Waals surface area contributed by atoms with Crippen LogP contribution in [-0.2, 0) is 0 Å². The molecular formula is C18H15N5O. The van der Waals surface area contributed by atoms with Crippen molar-refractivity contribution in [2.24, 2.45) is 0 Å². The summed E-state index contributed by atoms with van der Waals surface area (Å²) in [5.41, 5.74) is 5.88. The van der Waals surface area contributed by atoms with Gasteiger partial charge in [0.1, 0.15) is 5.52 Å². The molecule has 118 valence electrons. The largest absolute Gasteiger partial charge is 0.481 e. The highest BCUT2D eigenvalue weighted by Gasteiger charge is 2.15. The Morgan fingerprint density at radius 3 is 2.67 bits per heavy atom. The van der Waals surface area contributed by atoms with Crippen LogP contribution in [0.5, 0.6) is 5.88 Å². The summed E-state index contributed by atoms with van der Waals surface area (Å²) >= 11 is 0. The maximum atomic E-state index is 5.32. The summed E-state index contributed by atoms with van der Waals surface area (Å²) in [5.74, 6) is 0.520. The highest BCUT2D eigenvalue weighted by Crippen LogP contribution is 2.30. The summed E-state index contributed by atoms with van der Waals surface area (Å²) in [5, 5.41) is 7.32. The molecule has 0 atom stereocenters. The van der Waals surface area contributed by atoms with E-state index in [1.54, 1.807) is 19.5 Å². The van der Waals surface area contributed by atoms with Gasteiger partial charge >= 0.3 is 0 Å². The van der Waals surface area contributed by atoms with Gasteiger partial charge in [0.2, 0.25) is 5.88 Å². The predicted octanol–water partition coefficient (Wildman–Crippen LogP) is 3.40. The maximum Gasteiger partial charge on any atom is 0.222 e. The highest BCUT2D eigenvalue weighted by molar-refractivity contribution is 5.89. The van der Waals surface area contributed by atoms with Gasteiger partial charge in [0.25, 0.3) is 0 Å². The van der Waals surface area contributed by atoms with Gasteiger partial charge in [-0.05, 0) is 24.6 Å². The SMILES string of the molecule is COc1ncccc1-c1cnc2n[nH]c(-c3ccccc3C)c2n1. The van der Waals surface area contributed by atoms with Crippen molar-refractivity contribution in [1.29, 1.82) is 0 Å². The van der Waals surface area contributed by atoms with Crippen LogP contribution in [0.25, 0.3) is 33.7 Å². The molecule has 0 radical (unpaired) electrons. The number of hydrogen-bond donors (Lipinski definition) is 1. The Kier molecular flexibility index (Phi) is 3.42. The van der Waals surface area contributed by atoms with E-state index in [1.165, 1.54) is 0 Å². The lowest BCUT2D eigenvalue weighted by Crippen LogP contribution is -1.94. The van der Waals surface area contributed by atoms with Crippen LogP contribution in [0, 0.1) is 6.92 Å². The number of aromatic amines is 1. The Morgan fingerprint density at radius 2 is 1.83 bits per heavy atom. The predicted molar refractivity (Wildman–Crippen MR) is 91.6 cm³/mol. The van der Waals surface area contributed by atoms with Gasteiger partial charge in [0.15, 0.2) is 5.65 Å². The van der Waals surface area contributed by atoms with Crippen molar-refractivity contribution in [2.75, 3.05) is 7.11 Å². The molecule has 0 spiro atoms. The van der Waals surface area contributed by atoms with E-state index in [0.29, 0.717) is 17.2 Å². The number of rotatable bonds is 3. The Morgan fingerprint density at radius 1 is 1.00 bits per heavy atom. The van der Waals surface area contributed by atoms with E-state index in [2.05, 4.69) is 33.2 Å². The first-order chi connectivity index (χ1) is 11.8. The average molecular weight is 317 g/mol. The maximum absolute atomic E-state index is 5.32. The van der Waals surface area contributed by atoms with Gasteiger partial charge in [-0.15, -0.1) is 0 Å². The molecule has 0 saturated carbocycles. The lowest BCUT2D eigenvalue weighted by atomic mass is 10.1. The molecule has 0 amide bonds. The number of nitrogens with zero attached hydrogens (tertiary/aromatic N) is 4. The molecule has 0 fully saturated rings. The van der Waals surface area contributed by atoms with Gasteiger partial charge in [0.05, 0.1) is 30.3 Å². The normalized spacial score (nSPS) is 10.9. The molecule has 0 saturated heterocycles. The fourth-order valence-electron chi connectivity index (χ4n) is 2.71. The molecule has 0 aliphatic heterocycles. The Hall–Kier alpha value is -3.28. The van der Waals surface area contributed by atoms with Crippen LogP contribution in [-0.4, -0.2) is 32.3 Å². The van der Waals surface area contributed by atoms with Crippen LogP contribution in [0.4, 0.5) is 0 Å². The van der Waals surface area contributed by atoms with E-state index in [4.69, 9.17) is 9.72 Å². The van der Waals surface area contributed by atoms with Crippen molar-refractivity contribution in [3.8, 4) is 28.4 Å². The van der Waals surface area contributed by atoms with Crippen LogP contribution in [0.15, 0.2) is 48.8 Å². The van der Waals surface area contributed by atoms with Crippen molar-refractivity contribution in [1.82, 2.24) is 25.1 Å². The monoisotopic (exact) mass is 317 g/mol. The summed E-state index contributed by atoms with van der Waals surface area (Å²) in [7, 11) is 1.59. The van der Waals surface area contributed by atoms with Crippen molar-refractivity contribution in [2.45, 2.75) is 6.92 Å². The average Bonchev–Trinajstić information content (AvgIpc) is 3.05. The van der Waals surface area contributed by atoms with Crippen LogP contribution in [0.3, 0.4) is 0 Å². The number of benzene rings is 1. The Labute approximate surface area is 138 Å². The van der Waals surface area contributed by atoms with E-state index in [9.17, 15) is 0 Å². The number of nitrogens with one attached hydrogen (secondary N) is 1. The van der Waals surface area contributed by atoms with Gasteiger partial charge in [-0.1, -0.05) is 24.3 Å². The van der Waals surface area contributed by atoms with Gasteiger partial charge in [-0.3, -0.25) is 5.10 Å². The number of ether oxygens (including phenoxy) is 1. The van der Waals surface area contributed by atoms with E-state index in [-0.39, 0.29) is 0 Å². The highest BCUT2D eigenvalue weighted by atomic mass is 16.5. The molecule has 6 heteroatoms. The number of aryl methyl sites for hydroxylation is 1. The minimum absolute atomic E-state index is 0.520. The second-order valence-electron chi connectivity index (χ2n) is 5.40. The molecule has 4 rings (SSSR count). The van der Waals surface area contributed by atoms with Crippen molar-refractivity contribution in [3.63, 3.8) is 0 Å². The zero-order valence-electron chi connectivity index (χ0n) is 13.3. The zero-order chi connectivity index (χ0) is 16.5. The smallest absolute Gasteiger partial charge is 0.222 e. The lowest BCUT2D eigenvalue weighted by Gasteiger charge is -2.06. The molecule has 0 aliphatic carbocycles. The van der Waals surface area contributed by atoms with E-state index >= 15 is 0 Å². The quantitative estimate of drug-likeness (QED) is 0.626. The number of pyridine rings is 1. The molecule has 3 aromatic heterocycles. The third-order valence-corrected chi connectivity index (χ3v) is 3.92.